The number of nitrogens with one attached hydrogen (secondary N) is 2. The van der Waals surface area contributed by atoms with Crippen LogP contribution in [0.25, 0.3) is 0 Å². The number of hydrogen-bond donors (Lipinski definition) is 5. The number of piperidine rings is 1. The molecule has 190 valence electrons. The van der Waals surface area contributed by atoms with Gasteiger partial charge < -0.3 is 25.4 Å². The van der Waals surface area contributed by atoms with Crippen LogP contribution in [0.2, 0.25) is 0 Å². The first kappa shape index (κ1) is 24.3. The van der Waals surface area contributed by atoms with Crippen molar-refractivity contribution in [2.75, 3.05) is 31.6 Å². The lowest BCUT2D eigenvalue weighted by Crippen LogP contribution is -2.63. The molecule has 3 heterocycles. The number of rotatable bonds is 6. The molecule has 0 saturated carbocycles. The molecule has 2 fully saturated rings. The Morgan fingerprint density at radius 3 is 2.56 bits per heavy atom. The third-order valence-corrected chi connectivity index (χ3v) is 7.03. The molecule has 11 nitrogen and oxygen atoms in total. The van der Waals surface area contributed by atoms with Gasteiger partial charge in [0.25, 0.3) is 17.7 Å². The van der Waals surface area contributed by atoms with Gasteiger partial charge in [0.05, 0.1) is 19.8 Å². The van der Waals surface area contributed by atoms with Crippen LogP contribution in [0.3, 0.4) is 0 Å². The number of ether oxygens (including phenoxy) is 1. The molecule has 36 heavy (non-hydrogen) atoms. The summed E-state index contributed by atoms with van der Waals surface area (Å²) in [6.45, 7) is 1.77. The average molecular weight is 497 g/mol. The van der Waals surface area contributed by atoms with Crippen molar-refractivity contribution in [2.45, 2.75) is 37.6 Å². The number of benzene rings is 2. The van der Waals surface area contributed by atoms with Gasteiger partial charge in [-0.15, -0.1) is 0 Å². The fourth-order valence-electron chi connectivity index (χ4n) is 4.98. The summed E-state index contributed by atoms with van der Waals surface area (Å²) in [6, 6.07) is 12.1. The molecule has 1 atom stereocenters. The van der Waals surface area contributed by atoms with Crippen molar-refractivity contribution in [3.05, 3.63) is 64.7 Å². The molecular weight excluding hydrogens is 468 g/mol. The third-order valence-electron chi connectivity index (χ3n) is 7.03. The summed E-state index contributed by atoms with van der Waals surface area (Å²) in [5, 5.41) is 38.3. The first-order valence-electron chi connectivity index (χ1n) is 11.8. The summed E-state index contributed by atoms with van der Waals surface area (Å²) in [6.07, 6.45) is -0.248. The predicted octanol–water partition coefficient (Wildman–Crippen LogP) is -0.193. The van der Waals surface area contributed by atoms with E-state index in [9.17, 15) is 29.7 Å². The van der Waals surface area contributed by atoms with Crippen LogP contribution in [0.15, 0.2) is 42.5 Å². The number of amides is 3. The molecule has 2 aromatic rings. The highest BCUT2D eigenvalue weighted by Gasteiger charge is 2.51. The van der Waals surface area contributed by atoms with Gasteiger partial charge in [0, 0.05) is 54.9 Å². The quantitative estimate of drug-likeness (QED) is 0.271. The zero-order valence-corrected chi connectivity index (χ0v) is 19.6. The highest BCUT2D eigenvalue weighted by Crippen LogP contribution is 2.36. The molecule has 1 unspecified atom stereocenters. The molecule has 3 amide bonds. The molecule has 5 N–H and O–H groups in total. The Bertz CT molecular complexity index is 1210. The van der Waals surface area contributed by atoms with Crippen LogP contribution in [0, 0.1) is 0 Å². The number of aliphatic hydroxyl groups is 3. The third kappa shape index (κ3) is 4.14. The normalized spacial score (nSPS) is 23.0. The second kappa shape index (κ2) is 9.26. The minimum atomic E-state index is -2.18. The molecule has 0 bridgehead atoms. The number of carbonyl (C=O) groups excluding carboxylic acids is 3. The van der Waals surface area contributed by atoms with Crippen molar-refractivity contribution < 1.29 is 34.4 Å². The van der Waals surface area contributed by atoms with Crippen LogP contribution >= 0.6 is 0 Å². The maximum absolute atomic E-state index is 13.1. The molecule has 2 saturated heterocycles. The van der Waals surface area contributed by atoms with Gasteiger partial charge in [-0.1, -0.05) is 30.3 Å². The zero-order valence-electron chi connectivity index (χ0n) is 19.6. The van der Waals surface area contributed by atoms with Crippen LogP contribution in [-0.2, 0) is 33.3 Å². The van der Waals surface area contributed by atoms with Crippen LogP contribution in [0.4, 0.5) is 5.69 Å². The summed E-state index contributed by atoms with van der Waals surface area (Å²) in [7, 11) is 0. The van der Waals surface area contributed by atoms with E-state index in [1.165, 1.54) is 0 Å². The van der Waals surface area contributed by atoms with Crippen molar-refractivity contribution in [3.8, 4) is 0 Å². The van der Waals surface area contributed by atoms with Crippen LogP contribution < -0.4 is 10.6 Å². The van der Waals surface area contributed by atoms with E-state index < -0.39 is 29.4 Å². The number of carbonyl (C=O) groups is 3. The first-order chi connectivity index (χ1) is 17.2. The molecule has 0 radical (unpaired) electrons. The van der Waals surface area contributed by atoms with E-state index in [4.69, 9.17) is 4.74 Å². The molecule has 5 rings (SSSR count). The Morgan fingerprint density at radius 1 is 1.06 bits per heavy atom. The van der Waals surface area contributed by atoms with E-state index in [1.807, 2.05) is 0 Å². The Hall–Kier alpha value is -3.35. The predicted molar refractivity (Wildman–Crippen MR) is 126 cm³/mol. The fourth-order valence-corrected chi connectivity index (χ4v) is 4.98. The minimum Gasteiger partial charge on any atom is -0.381 e. The van der Waals surface area contributed by atoms with Gasteiger partial charge in [0.2, 0.25) is 11.6 Å². The number of nitrogens with zero attached hydrogens (tertiary/aromatic N) is 2. The lowest BCUT2D eigenvalue weighted by molar-refractivity contribution is -0.287. The van der Waals surface area contributed by atoms with E-state index in [0.717, 1.165) is 4.90 Å². The molecule has 11 heteroatoms. The molecule has 2 aromatic carbocycles. The van der Waals surface area contributed by atoms with E-state index in [-0.39, 0.29) is 25.9 Å². The zero-order chi connectivity index (χ0) is 25.5. The number of fused-ring (bicyclic) bond motifs is 1. The van der Waals surface area contributed by atoms with Crippen molar-refractivity contribution in [1.82, 2.24) is 15.1 Å². The van der Waals surface area contributed by atoms with Gasteiger partial charge in [0.1, 0.15) is 0 Å². The SMILES string of the molecule is O=C1CCC(O)(N2Cc3c(NCc4ccccc4C(O)(O)N4CCOCC4)cccc3C2=O)C(=O)N1. The molecule has 0 spiro atoms. The van der Waals surface area contributed by atoms with Gasteiger partial charge in [0.15, 0.2) is 0 Å². The van der Waals surface area contributed by atoms with Crippen LogP contribution in [0.5, 0.6) is 0 Å². The number of anilines is 1. The van der Waals surface area contributed by atoms with Crippen molar-refractivity contribution in [2.24, 2.45) is 0 Å². The summed E-state index contributed by atoms with van der Waals surface area (Å²) >= 11 is 0. The summed E-state index contributed by atoms with van der Waals surface area (Å²) in [5.74, 6) is -4.08. The lowest BCUT2D eigenvalue weighted by Gasteiger charge is -2.38. The van der Waals surface area contributed by atoms with Gasteiger partial charge in [-0.2, -0.15) is 0 Å². The number of imide groups is 1. The topological polar surface area (TPSA) is 152 Å². The van der Waals surface area contributed by atoms with Crippen molar-refractivity contribution >= 4 is 23.4 Å². The lowest BCUT2D eigenvalue weighted by atomic mass is 10.00. The highest BCUT2D eigenvalue weighted by molar-refractivity contribution is 6.07. The fraction of sp³-hybridized carbons (Fsp3) is 0.400. The second-order valence-electron chi connectivity index (χ2n) is 9.16. The Balaban J connectivity index is 1.37. The van der Waals surface area contributed by atoms with E-state index in [2.05, 4.69) is 10.6 Å². The van der Waals surface area contributed by atoms with Crippen LogP contribution in [0.1, 0.15) is 39.9 Å². The highest BCUT2D eigenvalue weighted by atomic mass is 16.5. The minimum absolute atomic E-state index is 0.0190. The van der Waals surface area contributed by atoms with Crippen molar-refractivity contribution in [3.63, 3.8) is 0 Å². The summed E-state index contributed by atoms with van der Waals surface area (Å²) < 4.78 is 5.32. The molecule has 0 aromatic heterocycles. The standard InChI is InChI=1S/C25H28N4O7/c30-21-8-9-24(33,23(32)27-21)29-15-18-17(22(29)31)5-3-7-20(18)26-14-16-4-1-2-6-19(16)25(34,35)28-10-12-36-13-11-28/h1-7,26,33-35H,8-15H2,(H,27,30,32). The summed E-state index contributed by atoms with van der Waals surface area (Å²) in [4.78, 5) is 39.7. The number of morpholine rings is 1. The van der Waals surface area contributed by atoms with E-state index >= 15 is 0 Å². The maximum Gasteiger partial charge on any atom is 0.279 e. The Labute approximate surface area is 207 Å². The second-order valence-corrected chi connectivity index (χ2v) is 9.16. The van der Waals surface area contributed by atoms with E-state index in [0.29, 0.717) is 54.2 Å². The van der Waals surface area contributed by atoms with Gasteiger partial charge in [-0.05, 0) is 17.7 Å². The smallest absolute Gasteiger partial charge is 0.279 e. The summed E-state index contributed by atoms with van der Waals surface area (Å²) in [5.41, 5.74) is 0.435. The maximum atomic E-state index is 13.1. The molecule has 3 aliphatic heterocycles. The van der Waals surface area contributed by atoms with Crippen LogP contribution in [-0.4, -0.2) is 74.9 Å². The largest absolute Gasteiger partial charge is 0.381 e. The van der Waals surface area contributed by atoms with Gasteiger partial charge in [-0.25, -0.2) is 4.90 Å². The molecule has 0 aliphatic carbocycles. The van der Waals surface area contributed by atoms with Gasteiger partial charge >= 0.3 is 0 Å². The molecular formula is C25H28N4O7. The average Bonchev–Trinajstić information content (AvgIpc) is 3.23. The monoisotopic (exact) mass is 496 g/mol. The van der Waals surface area contributed by atoms with E-state index in [1.54, 1.807) is 47.4 Å². The van der Waals surface area contributed by atoms with Crippen molar-refractivity contribution in [1.29, 1.82) is 0 Å². The van der Waals surface area contributed by atoms with Gasteiger partial charge in [-0.3, -0.25) is 24.6 Å². The Morgan fingerprint density at radius 2 is 1.81 bits per heavy atom. The Kier molecular flexibility index (Phi) is 6.27. The molecule has 3 aliphatic rings. The first-order valence-corrected chi connectivity index (χ1v) is 11.8. The number of hydrogen-bond acceptors (Lipinski definition) is 9.